The van der Waals surface area contributed by atoms with Gasteiger partial charge in [-0.2, -0.15) is 0 Å². The SMILES string of the molecule is C1CCN(CCCCCN2CCCCC2)CC1.C1CCN(CCCCCN2CCCCC2)CC1. The van der Waals surface area contributed by atoms with Crippen LogP contribution in [0.3, 0.4) is 0 Å². The van der Waals surface area contributed by atoms with Gasteiger partial charge in [-0.15, -0.1) is 0 Å². The minimum absolute atomic E-state index is 1.36. The molecule has 0 aliphatic carbocycles. The largest absolute Gasteiger partial charge is 0.303 e. The minimum Gasteiger partial charge on any atom is -0.303 e. The van der Waals surface area contributed by atoms with Crippen LogP contribution in [-0.4, -0.2) is 98.1 Å². The van der Waals surface area contributed by atoms with E-state index in [9.17, 15) is 0 Å². The number of likely N-dealkylation sites (tertiary alicyclic amines) is 4. The maximum absolute atomic E-state index is 2.67. The molecule has 34 heavy (non-hydrogen) atoms. The molecule has 0 unspecified atom stereocenters. The van der Waals surface area contributed by atoms with Gasteiger partial charge in [-0.1, -0.05) is 38.5 Å². The average Bonchev–Trinajstić information content (AvgIpc) is 2.91. The van der Waals surface area contributed by atoms with Gasteiger partial charge in [0.2, 0.25) is 0 Å². The molecule has 4 nitrogen and oxygen atoms in total. The first-order chi connectivity index (χ1) is 16.9. The topological polar surface area (TPSA) is 13.0 Å². The zero-order chi connectivity index (χ0) is 23.5. The van der Waals surface area contributed by atoms with Crippen LogP contribution in [0.4, 0.5) is 0 Å². The molecule has 0 saturated carbocycles. The van der Waals surface area contributed by atoms with Gasteiger partial charge in [-0.3, -0.25) is 0 Å². The highest BCUT2D eigenvalue weighted by atomic mass is 15.1. The summed E-state index contributed by atoms with van der Waals surface area (Å²) in [6.45, 7) is 16.4. The van der Waals surface area contributed by atoms with Crippen molar-refractivity contribution in [3.8, 4) is 0 Å². The summed E-state index contributed by atoms with van der Waals surface area (Å²) in [6.07, 6.45) is 25.9. The molecule has 4 fully saturated rings. The van der Waals surface area contributed by atoms with Gasteiger partial charge in [0.1, 0.15) is 0 Å². The van der Waals surface area contributed by atoms with Crippen molar-refractivity contribution in [2.75, 3.05) is 78.5 Å². The Morgan fingerprint density at radius 3 is 0.647 bits per heavy atom. The first kappa shape index (κ1) is 28.4. The molecule has 4 heterocycles. The van der Waals surface area contributed by atoms with Crippen molar-refractivity contribution in [3.63, 3.8) is 0 Å². The number of unbranched alkanes of at least 4 members (excludes halogenated alkanes) is 4. The van der Waals surface area contributed by atoms with Crippen LogP contribution in [0.5, 0.6) is 0 Å². The van der Waals surface area contributed by atoms with E-state index >= 15 is 0 Å². The van der Waals surface area contributed by atoms with E-state index in [-0.39, 0.29) is 0 Å². The summed E-state index contributed by atoms with van der Waals surface area (Å²) in [7, 11) is 0. The fourth-order valence-electron chi connectivity index (χ4n) is 6.43. The Labute approximate surface area is 213 Å². The second kappa shape index (κ2) is 19.0. The summed E-state index contributed by atoms with van der Waals surface area (Å²) < 4.78 is 0. The quantitative estimate of drug-likeness (QED) is 0.308. The fourth-order valence-corrected chi connectivity index (χ4v) is 6.43. The van der Waals surface area contributed by atoms with Gasteiger partial charge in [0.15, 0.2) is 0 Å². The van der Waals surface area contributed by atoms with E-state index in [4.69, 9.17) is 0 Å². The second-order valence-corrected chi connectivity index (χ2v) is 11.7. The van der Waals surface area contributed by atoms with E-state index in [1.807, 2.05) is 0 Å². The van der Waals surface area contributed by atoms with Gasteiger partial charge in [0.05, 0.1) is 0 Å². The molecule has 0 spiro atoms. The molecular weight excluding hydrogens is 416 g/mol. The van der Waals surface area contributed by atoms with Gasteiger partial charge in [-0.05, 0) is 156 Å². The highest BCUT2D eigenvalue weighted by Gasteiger charge is 2.12. The van der Waals surface area contributed by atoms with Gasteiger partial charge in [0.25, 0.3) is 0 Å². The van der Waals surface area contributed by atoms with E-state index in [0.29, 0.717) is 0 Å². The van der Waals surface area contributed by atoms with Crippen molar-refractivity contribution in [1.29, 1.82) is 0 Å². The molecule has 4 heteroatoms. The summed E-state index contributed by atoms with van der Waals surface area (Å²) >= 11 is 0. The zero-order valence-electron chi connectivity index (χ0n) is 23.0. The van der Waals surface area contributed by atoms with E-state index in [0.717, 1.165) is 0 Å². The van der Waals surface area contributed by atoms with E-state index in [1.165, 1.54) is 194 Å². The first-order valence-electron chi connectivity index (χ1n) is 15.8. The number of nitrogens with zero attached hydrogens (tertiary/aromatic N) is 4. The smallest absolute Gasteiger partial charge is 0.00187 e. The Hall–Kier alpha value is -0.160. The van der Waals surface area contributed by atoms with E-state index in [1.54, 1.807) is 0 Å². The fraction of sp³-hybridized carbons (Fsp3) is 1.00. The van der Waals surface area contributed by atoms with Crippen LogP contribution >= 0.6 is 0 Å². The Bertz CT molecular complexity index is 365. The molecule has 4 saturated heterocycles. The lowest BCUT2D eigenvalue weighted by Gasteiger charge is -2.27. The summed E-state index contributed by atoms with van der Waals surface area (Å²) in [5, 5.41) is 0. The maximum atomic E-state index is 2.67. The molecule has 200 valence electrons. The normalized spacial score (nSPS) is 24.0. The molecule has 4 rings (SSSR count). The van der Waals surface area contributed by atoms with Gasteiger partial charge in [0, 0.05) is 0 Å². The minimum atomic E-state index is 1.36. The molecule has 0 atom stereocenters. The number of piperidine rings is 4. The Balaban J connectivity index is 0.000000191. The molecule has 4 aliphatic heterocycles. The molecular formula is C30H60N4. The van der Waals surface area contributed by atoms with Crippen LogP contribution < -0.4 is 0 Å². The van der Waals surface area contributed by atoms with Crippen LogP contribution in [0.15, 0.2) is 0 Å². The third kappa shape index (κ3) is 13.2. The van der Waals surface area contributed by atoms with Gasteiger partial charge >= 0.3 is 0 Å². The zero-order valence-corrected chi connectivity index (χ0v) is 23.0. The summed E-state index contributed by atoms with van der Waals surface area (Å²) in [4.78, 5) is 10.7. The van der Waals surface area contributed by atoms with Gasteiger partial charge < -0.3 is 19.6 Å². The van der Waals surface area contributed by atoms with Crippen molar-refractivity contribution in [1.82, 2.24) is 19.6 Å². The number of hydrogen-bond donors (Lipinski definition) is 0. The van der Waals surface area contributed by atoms with Crippen molar-refractivity contribution in [3.05, 3.63) is 0 Å². The molecule has 0 amide bonds. The summed E-state index contributed by atoms with van der Waals surface area (Å²) in [6, 6.07) is 0. The third-order valence-electron chi connectivity index (χ3n) is 8.69. The van der Waals surface area contributed by atoms with Crippen molar-refractivity contribution < 1.29 is 0 Å². The molecule has 0 bridgehead atoms. The molecule has 0 aromatic carbocycles. The monoisotopic (exact) mass is 476 g/mol. The highest BCUT2D eigenvalue weighted by Crippen LogP contribution is 2.13. The van der Waals surface area contributed by atoms with E-state index in [2.05, 4.69) is 19.6 Å². The van der Waals surface area contributed by atoms with Crippen molar-refractivity contribution >= 4 is 0 Å². The lowest BCUT2D eigenvalue weighted by atomic mass is 10.1. The van der Waals surface area contributed by atoms with Crippen LogP contribution in [-0.2, 0) is 0 Å². The van der Waals surface area contributed by atoms with Crippen LogP contribution in [0, 0.1) is 0 Å². The van der Waals surface area contributed by atoms with E-state index < -0.39 is 0 Å². The highest BCUT2D eigenvalue weighted by molar-refractivity contribution is 4.68. The lowest BCUT2D eigenvalue weighted by molar-refractivity contribution is 0.210. The van der Waals surface area contributed by atoms with Crippen LogP contribution in [0.25, 0.3) is 0 Å². The predicted octanol–water partition coefficient (Wildman–Crippen LogP) is 6.26. The van der Waals surface area contributed by atoms with Crippen molar-refractivity contribution in [2.45, 2.75) is 116 Å². The maximum Gasteiger partial charge on any atom is -0.00187 e. The Morgan fingerprint density at radius 1 is 0.235 bits per heavy atom. The predicted molar refractivity (Wildman–Crippen MR) is 149 cm³/mol. The Kier molecular flexibility index (Phi) is 15.9. The van der Waals surface area contributed by atoms with Crippen LogP contribution in [0.2, 0.25) is 0 Å². The first-order valence-corrected chi connectivity index (χ1v) is 15.8. The lowest BCUT2D eigenvalue weighted by Crippen LogP contribution is -2.31. The molecule has 0 radical (unpaired) electrons. The number of hydrogen-bond acceptors (Lipinski definition) is 4. The van der Waals surface area contributed by atoms with Gasteiger partial charge in [-0.25, -0.2) is 0 Å². The second-order valence-electron chi connectivity index (χ2n) is 11.7. The molecule has 0 aromatic heterocycles. The average molecular weight is 477 g/mol. The molecule has 0 N–H and O–H groups in total. The third-order valence-corrected chi connectivity index (χ3v) is 8.69. The standard InChI is InChI=1S/2C15H30N2/c2*1-4-10-16(11-5-1)14-8-3-9-15-17-12-6-2-7-13-17/h2*1-15H2. The number of rotatable bonds is 12. The molecule has 4 aliphatic rings. The summed E-state index contributed by atoms with van der Waals surface area (Å²) in [5.41, 5.74) is 0. The summed E-state index contributed by atoms with van der Waals surface area (Å²) in [5.74, 6) is 0. The molecule has 0 aromatic rings. The Morgan fingerprint density at radius 2 is 0.441 bits per heavy atom. The van der Waals surface area contributed by atoms with Crippen LogP contribution in [0.1, 0.15) is 116 Å². The van der Waals surface area contributed by atoms with Crippen molar-refractivity contribution in [2.24, 2.45) is 0 Å².